The maximum Gasteiger partial charge on any atom is 0.429 e. The minimum absolute atomic E-state index is 0.0746. The number of anilines is 1. The first-order chi connectivity index (χ1) is 16.8. The number of urea groups is 1. The van der Waals surface area contributed by atoms with Crippen molar-refractivity contribution in [3.8, 4) is 11.5 Å². The molecule has 1 aliphatic rings. The molecule has 0 saturated carbocycles. The number of imide groups is 1. The quantitative estimate of drug-likeness (QED) is 0.255. The average molecular weight is 499 g/mol. The summed E-state index contributed by atoms with van der Waals surface area (Å²) in [6.07, 6.45) is 1.96. The van der Waals surface area contributed by atoms with Gasteiger partial charge >= 0.3 is 11.9 Å². The van der Waals surface area contributed by atoms with E-state index in [9.17, 15) is 18.8 Å². The normalized spacial score (nSPS) is 16.9. The number of hydrogen-bond acceptors (Lipinski definition) is 6. The molecule has 8 nitrogen and oxygen atoms in total. The predicted molar refractivity (Wildman–Crippen MR) is 126 cm³/mol. The average Bonchev–Trinajstić information content (AvgIpc) is 2.85. The van der Waals surface area contributed by atoms with Crippen LogP contribution in [0, 0.1) is 5.82 Å². The van der Waals surface area contributed by atoms with Gasteiger partial charge in [-0.2, -0.15) is 4.48 Å². The van der Waals surface area contributed by atoms with Gasteiger partial charge in [0.15, 0.2) is 5.82 Å². The van der Waals surface area contributed by atoms with Gasteiger partial charge in [0.05, 0.1) is 26.4 Å². The Labute approximate surface area is 205 Å². The largest absolute Gasteiger partial charge is 0.468 e. The first kappa shape index (κ1) is 24.3. The van der Waals surface area contributed by atoms with E-state index in [1.165, 1.54) is 25.4 Å². The highest BCUT2D eigenvalue weighted by Crippen LogP contribution is 2.37. The lowest BCUT2D eigenvalue weighted by Gasteiger charge is -2.33. The van der Waals surface area contributed by atoms with Gasteiger partial charge in [0.1, 0.15) is 22.9 Å². The number of fused-ring (bicyclic) bond motifs is 1. The third-order valence-corrected chi connectivity index (χ3v) is 6.01. The zero-order valence-corrected chi connectivity index (χ0v) is 19.5. The third kappa shape index (κ3) is 5.16. The molecule has 4 rings (SSSR count). The Balaban J connectivity index is 1.77. The fraction of sp³-hybridized carbons (Fsp3) is 0.200. The van der Waals surface area contributed by atoms with Crippen LogP contribution in [0.5, 0.6) is 11.5 Å². The number of pyridine rings is 1. The summed E-state index contributed by atoms with van der Waals surface area (Å²) in [6.45, 7) is 0.500. The predicted octanol–water partition coefficient (Wildman–Crippen LogP) is 4.95. The van der Waals surface area contributed by atoms with Crippen LogP contribution in [0.3, 0.4) is 0 Å². The van der Waals surface area contributed by atoms with E-state index >= 15 is 0 Å². The lowest BCUT2D eigenvalue weighted by Crippen LogP contribution is -2.59. The van der Waals surface area contributed by atoms with Crippen LogP contribution in [0.25, 0.3) is 0 Å². The molecule has 0 aliphatic carbocycles. The first-order valence-corrected chi connectivity index (χ1v) is 11.2. The summed E-state index contributed by atoms with van der Waals surface area (Å²) in [5.74, 6) is 0.0670. The Kier molecular flexibility index (Phi) is 7.09. The number of aromatic nitrogens is 1. The molecule has 1 aliphatic heterocycles. The maximum absolute atomic E-state index is 13.8. The number of quaternary nitrogens is 1. The zero-order chi connectivity index (χ0) is 25.0. The summed E-state index contributed by atoms with van der Waals surface area (Å²) < 4.78 is 23.7. The summed E-state index contributed by atoms with van der Waals surface area (Å²) in [4.78, 5) is 41.4. The topological polar surface area (TPSA) is 94.6 Å². The number of ether oxygens (including phenoxy) is 2. The number of nitrogens with one attached hydrogen (secondary N) is 1. The highest BCUT2D eigenvalue weighted by Gasteiger charge is 2.48. The lowest BCUT2D eigenvalue weighted by atomic mass is 9.97. The standard InChI is InChI=1S/C25H21ClFN3O5/c1-30(11-2-12-34-15-31)24(32)22-20(13-16-3-7-18(27)8-4-16)21(14-28-23(22)29-25(30)33)35-19-9-5-17(26)6-10-19/h3-10,14-15H,2,11-13H2,1H3/p+1. The van der Waals surface area contributed by atoms with Crippen molar-refractivity contribution in [1.82, 2.24) is 4.98 Å². The minimum Gasteiger partial charge on any atom is -0.468 e. The van der Waals surface area contributed by atoms with E-state index in [1.807, 2.05) is 0 Å². The molecule has 2 heterocycles. The van der Waals surface area contributed by atoms with Crippen LogP contribution in [0.2, 0.25) is 5.02 Å². The van der Waals surface area contributed by atoms with Crippen LogP contribution < -0.4 is 10.1 Å². The highest BCUT2D eigenvalue weighted by atomic mass is 35.5. The molecule has 10 heteroatoms. The van der Waals surface area contributed by atoms with Crippen molar-refractivity contribution in [3.63, 3.8) is 0 Å². The smallest absolute Gasteiger partial charge is 0.429 e. The fourth-order valence-corrected chi connectivity index (χ4v) is 3.96. The van der Waals surface area contributed by atoms with Crippen LogP contribution in [0.1, 0.15) is 27.9 Å². The van der Waals surface area contributed by atoms with E-state index in [4.69, 9.17) is 21.1 Å². The van der Waals surface area contributed by atoms with Gasteiger partial charge in [-0.05, 0) is 42.0 Å². The monoisotopic (exact) mass is 498 g/mol. The van der Waals surface area contributed by atoms with E-state index in [-0.39, 0.29) is 36.8 Å². The van der Waals surface area contributed by atoms with Crippen molar-refractivity contribution >= 4 is 35.8 Å². The van der Waals surface area contributed by atoms with Gasteiger partial charge in [0, 0.05) is 23.4 Å². The number of nitrogens with zero attached hydrogens (tertiary/aromatic N) is 2. The molecule has 35 heavy (non-hydrogen) atoms. The van der Waals surface area contributed by atoms with E-state index in [1.54, 1.807) is 36.4 Å². The number of rotatable bonds is 9. The van der Waals surface area contributed by atoms with Crippen LogP contribution >= 0.6 is 11.6 Å². The summed E-state index contributed by atoms with van der Waals surface area (Å²) >= 11 is 5.97. The van der Waals surface area contributed by atoms with Gasteiger partial charge in [-0.15, -0.1) is 0 Å². The number of carbonyl (C=O) groups excluding carboxylic acids is 3. The SMILES string of the molecule is C[N+]1(CCCOC=O)C(=O)Nc2ncc(Oc3ccc(Cl)cc3)c(Cc3ccc(F)cc3)c2C1=O. The van der Waals surface area contributed by atoms with Gasteiger partial charge in [-0.3, -0.25) is 10.1 Å². The molecule has 0 radical (unpaired) electrons. The summed E-state index contributed by atoms with van der Waals surface area (Å²) in [7, 11) is 1.50. The molecule has 2 aromatic carbocycles. The molecule has 180 valence electrons. The van der Waals surface area contributed by atoms with Crippen molar-refractivity contribution < 1.29 is 32.7 Å². The van der Waals surface area contributed by atoms with Crippen LogP contribution in [-0.2, 0) is 16.0 Å². The number of hydrogen-bond donors (Lipinski definition) is 1. The lowest BCUT2D eigenvalue weighted by molar-refractivity contribution is -0.743. The zero-order valence-electron chi connectivity index (χ0n) is 18.8. The summed E-state index contributed by atoms with van der Waals surface area (Å²) in [5, 5.41) is 3.25. The Morgan fingerprint density at radius 3 is 2.51 bits per heavy atom. The number of halogens is 2. The molecule has 1 unspecified atom stereocenters. The van der Waals surface area contributed by atoms with Gasteiger partial charge in [0.2, 0.25) is 0 Å². The van der Waals surface area contributed by atoms with Crippen LogP contribution in [0.15, 0.2) is 54.7 Å². The molecular formula is C25H22ClFN3O5+. The van der Waals surface area contributed by atoms with Crippen molar-refractivity contribution in [3.05, 3.63) is 82.3 Å². The van der Waals surface area contributed by atoms with E-state index in [0.29, 0.717) is 35.0 Å². The van der Waals surface area contributed by atoms with Crippen molar-refractivity contribution in [2.45, 2.75) is 12.8 Å². The summed E-state index contributed by atoms with van der Waals surface area (Å²) in [5.41, 5.74) is 1.44. The van der Waals surface area contributed by atoms with Crippen molar-refractivity contribution in [1.29, 1.82) is 0 Å². The number of carbonyl (C=O) groups is 3. The number of benzene rings is 2. The molecule has 3 aromatic rings. The number of amides is 3. The Hall–Kier alpha value is -3.82. The second kappa shape index (κ2) is 10.2. The van der Waals surface area contributed by atoms with Crippen molar-refractivity contribution in [2.24, 2.45) is 0 Å². The molecule has 1 N–H and O–H groups in total. The third-order valence-electron chi connectivity index (χ3n) is 5.75. The Morgan fingerprint density at radius 2 is 1.83 bits per heavy atom. The van der Waals surface area contributed by atoms with E-state index in [2.05, 4.69) is 10.3 Å². The molecule has 0 saturated heterocycles. The highest BCUT2D eigenvalue weighted by molar-refractivity contribution is 6.30. The molecule has 1 aromatic heterocycles. The first-order valence-electron chi connectivity index (χ1n) is 10.8. The molecule has 1 atom stereocenters. The second-order valence-corrected chi connectivity index (χ2v) is 8.59. The van der Waals surface area contributed by atoms with Gasteiger partial charge in [-0.1, -0.05) is 23.7 Å². The van der Waals surface area contributed by atoms with E-state index < -0.39 is 16.4 Å². The Bertz CT molecular complexity index is 1270. The van der Waals surface area contributed by atoms with Gasteiger partial charge in [0.25, 0.3) is 6.47 Å². The minimum atomic E-state index is -0.586. The van der Waals surface area contributed by atoms with Gasteiger partial charge in [-0.25, -0.2) is 19.0 Å². The van der Waals surface area contributed by atoms with Crippen LogP contribution in [-0.4, -0.2) is 48.1 Å². The molecular weight excluding hydrogens is 477 g/mol. The second-order valence-electron chi connectivity index (χ2n) is 8.15. The molecule has 0 bridgehead atoms. The maximum atomic E-state index is 13.8. The molecule has 0 fully saturated rings. The van der Waals surface area contributed by atoms with Gasteiger partial charge < -0.3 is 9.47 Å². The molecule has 3 amide bonds. The summed E-state index contributed by atoms with van der Waals surface area (Å²) in [6, 6.07) is 12.1. The molecule has 0 spiro atoms. The fourth-order valence-electron chi connectivity index (χ4n) is 3.84. The van der Waals surface area contributed by atoms with Crippen molar-refractivity contribution in [2.75, 3.05) is 25.5 Å². The Morgan fingerprint density at radius 1 is 1.11 bits per heavy atom. The van der Waals surface area contributed by atoms with E-state index in [0.717, 1.165) is 5.56 Å². The van der Waals surface area contributed by atoms with Crippen LogP contribution in [0.4, 0.5) is 15.0 Å².